The number of aliphatic hydroxyl groups is 1. The minimum absolute atomic E-state index is 0.443. The maximum Gasteiger partial charge on any atom is 0.0914 e. The van der Waals surface area contributed by atoms with Gasteiger partial charge in [0.2, 0.25) is 0 Å². The van der Waals surface area contributed by atoms with Gasteiger partial charge in [0, 0.05) is 20.2 Å². The van der Waals surface area contributed by atoms with Crippen LogP contribution in [0.15, 0.2) is 24.3 Å². The average molecular weight is 209 g/mol. The number of aliphatic hydroxyl groups excluding tert-OH is 1. The van der Waals surface area contributed by atoms with Gasteiger partial charge in [-0.15, -0.1) is 0 Å². The number of rotatable bonds is 6. The second-order valence-electron chi connectivity index (χ2n) is 3.63. The molecule has 1 aromatic rings. The number of hydrogen-bond acceptors (Lipinski definition) is 3. The molecule has 0 radical (unpaired) electrons. The lowest BCUT2D eigenvalue weighted by Crippen LogP contribution is -2.24. The molecule has 3 nitrogen and oxygen atoms in total. The summed E-state index contributed by atoms with van der Waals surface area (Å²) >= 11 is 0. The lowest BCUT2D eigenvalue weighted by molar-refractivity contribution is 0.161. The van der Waals surface area contributed by atoms with Crippen LogP contribution in [0.1, 0.15) is 17.2 Å². The SMILES string of the molecule is COCCNCC(O)c1cccc(C)c1. The molecule has 0 aliphatic carbocycles. The van der Waals surface area contributed by atoms with Gasteiger partial charge in [-0.2, -0.15) is 0 Å². The fourth-order valence-corrected chi connectivity index (χ4v) is 1.41. The van der Waals surface area contributed by atoms with Crippen LogP contribution in [0.5, 0.6) is 0 Å². The number of nitrogens with one attached hydrogen (secondary N) is 1. The zero-order valence-corrected chi connectivity index (χ0v) is 9.36. The molecule has 84 valence electrons. The Morgan fingerprint density at radius 2 is 2.27 bits per heavy atom. The van der Waals surface area contributed by atoms with Crippen LogP contribution in [0.25, 0.3) is 0 Å². The highest BCUT2D eigenvalue weighted by Gasteiger charge is 2.05. The highest BCUT2D eigenvalue weighted by Crippen LogP contribution is 2.12. The molecule has 1 aromatic carbocycles. The van der Waals surface area contributed by atoms with E-state index in [4.69, 9.17) is 4.74 Å². The highest BCUT2D eigenvalue weighted by atomic mass is 16.5. The predicted molar refractivity (Wildman–Crippen MR) is 60.9 cm³/mol. The van der Waals surface area contributed by atoms with Gasteiger partial charge >= 0.3 is 0 Å². The minimum atomic E-state index is -0.443. The Hall–Kier alpha value is -0.900. The Morgan fingerprint density at radius 3 is 2.93 bits per heavy atom. The molecule has 0 fully saturated rings. The van der Waals surface area contributed by atoms with E-state index in [1.165, 1.54) is 5.56 Å². The van der Waals surface area contributed by atoms with E-state index >= 15 is 0 Å². The molecule has 15 heavy (non-hydrogen) atoms. The fourth-order valence-electron chi connectivity index (χ4n) is 1.41. The zero-order valence-electron chi connectivity index (χ0n) is 9.36. The van der Waals surface area contributed by atoms with Crippen LogP contribution in [0, 0.1) is 6.92 Å². The Labute approximate surface area is 91.1 Å². The monoisotopic (exact) mass is 209 g/mol. The average Bonchev–Trinajstić information content (AvgIpc) is 2.24. The molecule has 0 amide bonds. The Balaban J connectivity index is 2.36. The number of methoxy groups -OCH3 is 1. The first-order chi connectivity index (χ1) is 7.24. The van der Waals surface area contributed by atoms with Gasteiger partial charge in [0.05, 0.1) is 12.7 Å². The second kappa shape index (κ2) is 6.56. The smallest absolute Gasteiger partial charge is 0.0914 e. The van der Waals surface area contributed by atoms with E-state index < -0.39 is 6.10 Å². The second-order valence-corrected chi connectivity index (χ2v) is 3.63. The van der Waals surface area contributed by atoms with Crippen molar-refractivity contribution in [2.24, 2.45) is 0 Å². The fraction of sp³-hybridized carbons (Fsp3) is 0.500. The van der Waals surface area contributed by atoms with Crippen molar-refractivity contribution in [1.29, 1.82) is 0 Å². The van der Waals surface area contributed by atoms with Gasteiger partial charge in [-0.3, -0.25) is 0 Å². The third-order valence-electron chi connectivity index (χ3n) is 2.25. The number of ether oxygens (including phenoxy) is 1. The molecule has 3 heteroatoms. The van der Waals surface area contributed by atoms with Crippen molar-refractivity contribution < 1.29 is 9.84 Å². The van der Waals surface area contributed by atoms with E-state index in [2.05, 4.69) is 5.32 Å². The summed E-state index contributed by atoms with van der Waals surface area (Å²) in [6.45, 7) is 4.02. The summed E-state index contributed by atoms with van der Waals surface area (Å²) in [5.41, 5.74) is 2.13. The van der Waals surface area contributed by atoms with Gasteiger partial charge in [0.25, 0.3) is 0 Å². The van der Waals surface area contributed by atoms with Crippen molar-refractivity contribution in [3.8, 4) is 0 Å². The third-order valence-corrected chi connectivity index (χ3v) is 2.25. The summed E-state index contributed by atoms with van der Waals surface area (Å²) < 4.78 is 4.90. The van der Waals surface area contributed by atoms with Crippen molar-refractivity contribution in [3.63, 3.8) is 0 Å². The van der Waals surface area contributed by atoms with E-state index in [9.17, 15) is 5.11 Å². The lowest BCUT2D eigenvalue weighted by Gasteiger charge is -2.12. The van der Waals surface area contributed by atoms with Gasteiger partial charge in [0.15, 0.2) is 0 Å². The molecule has 0 aliphatic heterocycles. The molecular weight excluding hydrogens is 190 g/mol. The van der Waals surface area contributed by atoms with Crippen LogP contribution in [0.2, 0.25) is 0 Å². The molecule has 0 heterocycles. The van der Waals surface area contributed by atoms with E-state index in [0.29, 0.717) is 13.2 Å². The van der Waals surface area contributed by atoms with Crippen molar-refractivity contribution in [3.05, 3.63) is 35.4 Å². The van der Waals surface area contributed by atoms with Gasteiger partial charge in [0.1, 0.15) is 0 Å². The maximum atomic E-state index is 9.84. The van der Waals surface area contributed by atoms with Crippen LogP contribution in [-0.2, 0) is 4.74 Å². The standard InChI is InChI=1S/C12H19NO2/c1-10-4-3-5-11(8-10)12(14)9-13-6-7-15-2/h3-5,8,12-14H,6-7,9H2,1-2H3. The van der Waals surface area contributed by atoms with Crippen LogP contribution in [0.4, 0.5) is 0 Å². The maximum absolute atomic E-state index is 9.84. The molecule has 1 atom stereocenters. The minimum Gasteiger partial charge on any atom is -0.387 e. The molecule has 0 saturated heterocycles. The van der Waals surface area contributed by atoms with Crippen molar-refractivity contribution in [2.75, 3.05) is 26.8 Å². The Kier molecular flexibility index (Phi) is 5.32. The summed E-state index contributed by atoms with van der Waals surface area (Å²) in [5, 5.41) is 13.0. The van der Waals surface area contributed by atoms with Crippen LogP contribution in [0.3, 0.4) is 0 Å². The van der Waals surface area contributed by atoms with Gasteiger partial charge in [-0.1, -0.05) is 29.8 Å². The zero-order chi connectivity index (χ0) is 11.1. The first-order valence-corrected chi connectivity index (χ1v) is 5.18. The highest BCUT2D eigenvalue weighted by molar-refractivity contribution is 5.24. The van der Waals surface area contributed by atoms with E-state index in [1.807, 2.05) is 31.2 Å². The lowest BCUT2D eigenvalue weighted by atomic mass is 10.1. The van der Waals surface area contributed by atoms with Crippen molar-refractivity contribution in [1.82, 2.24) is 5.32 Å². The normalized spacial score (nSPS) is 12.7. The topological polar surface area (TPSA) is 41.5 Å². The molecule has 0 aliphatic rings. The van der Waals surface area contributed by atoms with Gasteiger partial charge in [-0.25, -0.2) is 0 Å². The van der Waals surface area contributed by atoms with Gasteiger partial charge < -0.3 is 15.2 Å². The van der Waals surface area contributed by atoms with Gasteiger partial charge in [-0.05, 0) is 12.5 Å². The van der Waals surface area contributed by atoms with Crippen LogP contribution >= 0.6 is 0 Å². The predicted octanol–water partition coefficient (Wildman–Crippen LogP) is 1.26. The quantitative estimate of drug-likeness (QED) is 0.693. The molecule has 0 aromatic heterocycles. The van der Waals surface area contributed by atoms with E-state index in [1.54, 1.807) is 7.11 Å². The van der Waals surface area contributed by atoms with Crippen molar-refractivity contribution >= 4 is 0 Å². The van der Waals surface area contributed by atoms with Crippen molar-refractivity contribution in [2.45, 2.75) is 13.0 Å². The number of hydrogen-bond donors (Lipinski definition) is 2. The van der Waals surface area contributed by atoms with E-state index in [0.717, 1.165) is 12.1 Å². The molecule has 2 N–H and O–H groups in total. The molecule has 0 saturated carbocycles. The number of benzene rings is 1. The first kappa shape index (κ1) is 12.2. The largest absolute Gasteiger partial charge is 0.387 e. The third kappa shape index (κ3) is 4.42. The molecule has 0 bridgehead atoms. The van der Waals surface area contributed by atoms with Crippen LogP contribution < -0.4 is 5.32 Å². The first-order valence-electron chi connectivity index (χ1n) is 5.18. The Morgan fingerprint density at radius 1 is 1.47 bits per heavy atom. The van der Waals surface area contributed by atoms with Crippen LogP contribution in [-0.4, -0.2) is 31.9 Å². The Bertz CT molecular complexity index is 289. The molecule has 1 rings (SSSR count). The molecule has 1 unspecified atom stereocenters. The summed E-state index contributed by atoms with van der Waals surface area (Å²) in [6.07, 6.45) is -0.443. The number of aryl methyl sites for hydroxylation is 1. The summed E-state index contributed by atoms with van der Waals surface area (Å²) in [6, 6.07) is 7.93. The molecule has 0 spiro atoms. The summed E-state index contributed by atoms with van der Waals surface area (Å²) in [4.78, 5) is 0. The molecular formula is C12H19NO2. The summed E-state index contributed by atoms with van der Waals surface area (Å²) in [7, 11) is 1.67. The van der Waals surface area contributed by atoms with E-state index in [-0.39, 0.29) is 0 Å². The summed E-state index contributed by atoms with van der Waals surface area (Å²) in [5.74, 6) is 0.